The summed E-state index contributed by atoms with van der Waals surface area (Å²) in [5, 5.41) is 0. The largest absolute Gasteiger partial charge is 0.495 e. The summed E-state index contributed by atoms with van der Waals surface area (Å²) in [4.78, 5) is 17.0. The number of hydrogen-bond acceptors (Lipinski definition) is 5. The molecule has 0 atom stereocenters. The van der Waals surface area contributed by atoms with Crippen LogP contribution in [0, 0.1) is 0 Å². The lowest BCUT2D eigenvalue weighted by molar-refractivity contribution is -0.131. The molecule has 6 nitrogen and oxygen atoms in total. The van der Waals surface area contributed by atoms with Gasteiger partial charge in [0.2, 0.25) is 5.91 Å². The molecule has 0 N–H and O–H groups in total. The first-order chi connectivity index (χ1) is 14.7. The molecule has 0 saturated carbocycles. The third-order valence-corrected chi connectivity index (χ3v) is 5.29. The fourth-order valence-electron chi connectivity index (χ4n) is 3.75. The van der Waals surface area contributed by atoms with Crippen LogP contribution >= 0.6 is 0 Å². The van der Waals surface area contributed by atoms with E-state index < -0.39 is 0 Å². The van der Waals surface area contributed by atoms with Crippen molar-refractivity contribution in [2.45, 2.75) is 26.7 Å². The minimum Gasteiger partial charge on any atom is -0.495 e. The van der Waals surface area contributed by atoms with Crippen LogP contribution in [-0.2, 0) is 11.2 Å². The van der Waals surface area contributed by atoms with Crippen LogP contribution in [0.2, 0.25) is 0 Å². The normalized spacial score (nSPS) is 13.8. The fraction of sp³-hybridized carbons (Fsp3) is 0.458. The quantitative estimate of drug-likeness (QED) is 0.628. The number of carbonyl (C=O) groups is 1. The molecule has 2 aromatic rings. The van der Waals surface area contributed by atoms with Gasteiger partial charge >= 0.3 is 0 Å². The number of nitrogens with zero attached hydrogens (tertiary/aromatic N) is 2. The van der Waals surface area contributed by atoms with E-state index in [2.05, 4.69) is 11.0 Å². The van der Waals surface area contributed by atoms with Gasteiger partial charge in [0.15, 0.2) is 11.5 Å². The highest BCUT2D eigenvalue weighted by Gasteiger charge is 2.22. The zero-order chi connectivity index (χ0) is 21.3. The zero-order valence-electron chi connectivity index (χ0n) is 18.2. The summed E-state index contributed by atoms with van der Waals surface area (Å²) < 4.78 is 16.8. The van der Waals surface area contributed by atoms with E-state index in [1.54, 1.807) is 7.11 Å². The van der Waals surface area contributed by atoms with Gasteiger partial charge in [0.1, 0.15) is 5.75 Å². The Labute approximate surface area is 179 Å². The molecule has 1 saturated heterocycles. The SMILES string of the molecule is CCOc1ccc(CCC(=O)N2CCN(c3ccccc3OC)CC2)cc1OCC. The second-order valence-electron chi connectivity index (χ2n) is 7.19. The topological polar surface area (TPSA) is 51.2 Å². The minimum absolute atomic E-state index is 0.196. The molecule has 30 heavy (non-hydrogen) atoms. The Morgan fingerprint density at radius 3 is 2.30 bits per heavy atom. The van der Waals surface area contributed by atoms with E-state index in [1.165, 1.54) is 0 Å². The van der Waals surface area contributed by atoms with Gasteiger partial charge in [-0.1, -0.05) is 18.2 Å². The van der Waals surface area contributed by atoms with Crippen molar-refractivity contribution in [3.8, 4) is 17.2 Å². The van der Waals surface area contributed by atoms with Gasteiger partial charge < -0.3 is 24.0 Å². The molecule has 0 bridgehead atoms. The molecule has 1 aliphatic heterocycles. The molecule has 1 amide bonds. The first kappa shape index (κ1) is 21.8. The number of amides is 1. The summed E-state index contributed by atoms with van der Waals surface area (Å²) in [6.45, 7) is 8.16. The van der Waals surface area contributed by atoms with Crippen LogP contribution in [-0.4, -0.2) is 57.3 Å². The summed E-state index contributed by atoms with van der Waals surface area (Å²) >= 11 is 0. The Kier molecular flexibility index (Phi) is 7.82. The molecule has 0 spiro atoms. The van der Waals surface area contributed by atoms with E-state index >= 15 is 0 Å². The third kappa shape index (κ3) is 5.38. The molecule has 6 heteroatoms. The Morgan fingerprint density at radius 2 is 1.60 bits per heavy atom. The van der Waals surface area contributed by atoms with Crippen LogP contribution in [0.15, 0.2) is 42.5 Å². The van der Waals surface area contributed by atoms with Gasteiger partial charge in [0.25, 0.3) is 0 Å². The fourth-order valence-corrected chi connectivity index (χ4v) is 3.75. The second kappa shape index (κ2) is 10.8. The highest BCUT2D eigenvalue weighted by atomic mass is 16.5. The van der Waals surface area contributed by atoms with E-state index in [0.717, 1.165) is 54.7 Å². The smallest absolute Gasteiger partial charge is 0.223 e. The molecule has 2 aromatic carbocycles. The molecule has 0 aliphatic carbocycles. The van der Waals surface area contributed by atoms with Gasteiger partial charge in [-0.25, -0.2) is 0 Å². The number of para-hydroxylation sites is 2. The predicted molar refractivity (Wildman–Crippen MR) is 119 cm³/mol. The lowest BCUT2D eigenvalue weighted by Crippen LogP contribution is -2.48. The average molecular weight is 413 g/mol. The number of hydrogen-bond donors (Lipinski definition) is 0. The van der Waals surface area contributed by atoms with Crippen molar-refractivity contribution in [1.82, 2.24) is 4.90 Å². The van der Waals surface area contributed by atoms with Crippen LogP contribution in [0.4, 0.5) is 5.69 Å². The van der Waals surface area contributed by atoms with Crippen molar-refractivity contribution >= 4 is 11.6 Å². The number of anilines is 1. The number of rotatable bonds is 9. The summed E-state index contributed by atoms with van der Waals surface area (Å²) in [5.74, 6) is 2.57. The molecule has 3 rings (SSSR count). The maximum atomic E-state index is 12.7. The monoisotopic (exact) mass is 412 g/mol. The highest BCUT2D eigenvalue weighted by molar-refractivity contribution is 5.77. The first-order valence-electron chi connectivity index (χ1n) is 10.7. The number of aryl methyl sites for hydroxylation is 1. The summed E-state index contributed by atoms with van der Waals surface area (Å²) in [7, 11) is 1.69. The van der Waals surface area contributed by atoms with E-state index in [1.807, 2.05) is 55.1 Å². The lowest BCUT2D eigenvalue weighted by atomic mass is 10.1. The molecule has 1 aliphatic rings. The lowest BCUT2D eigenvalue weighted by Gasteiger charge is -2.36. The maximum Gasteiger partial charge on any atom is 0.223 e. The standard InChI is InChI=1S/C24H32N2O4/c1-4-29-22-12-10-19(18-23(22)30-5-2)11-13-24(27)26-16-14-25(15-17-26)20-8-6-7-9-21(20)28-3/h6-10,12,18H,4-5,11,13-17H2,1-3H3. The van der Waals surface area contributed by atoms with Gasteiger partial charge in [0.05, 0.1) is 26.0 Å². The van der Waals surface area contributed by atoms with Crippen molar-refractivity contribution in [3.05, 3.63) is 48.0 Å². The van der Waals surface area contributed by atoms with Crippen LogP contribution in [0.3, 0.4) is 0 Å². The van der Waals surface area contributed by atoms with Crippen molar-refractivity contribution in [1.29, 1.82) is 0 Å². The number of carbonyl (C=O) groups excluding carboxylic acids is 1. The number of methoxy groups -OCH3 is 1. The van der Waals surface area contributed by atoms with Crippen LogP contribution in [0.1, 0.15) is 25.8 Å². The second-order valence-corrected chi connectivity index (χ2v) is 7.19. The van der Waals surface area contributed by atoms with E-state index in [-0.39, 0.29) is 5.91 Å². The van der Waals surface area contributed by atoms with Crippen molar-refractivity contribution < 1.29 is 19.0 Å². The summed E-state index contributed by atoms with van der Waals surface area (Å²) in [6.07, 6.45) is 1.19. The zero-order valence-corrected chi connectivity index (χ0v) is 18.2. The molecule has 0 aromatic heterocycles. The Bertz CT molecular complexity index is 832. The van der Waals surface area contributed by atoms with Gasteiger partial charge in [0, 0.05) is 32.6 Å². The number of piperazine rings is 1. The van der Waals surface area contributed by atoms with Crippen molar-refractivity contribution in [2.75, 3.05) is 51.4 Å². The number of benzene rings is 2. The minimum atomic E-state index is 0.196. The van der Waals surface area contributed by atoms with Gasteiger partial charge in [-0.2, -0.15) is 0 Å². The molecule has 0 radical (unpaired) electrons. The van der Waals surface area contributed by atoms with Crippen LogP contribution in [0.5, 0.6) is 17.2 Å². The Hall–Kier alpha value is -2.89. The Morgan fingerprint density at radius 1 is 0.900 bits per heavy atom. The van der Waals surface area contributed by atoms with Crippen molar-refractivity contribution in [2.24, 2.45) is 0 Å². The summed E-state index contributed by atoms with van der Waals surface area (Å²) in [5.41, 5.74) is 2.17. The van der Waals surface area contributed by atoms with Gasteiger partial charge in [-0.3, -0.25) is 4.79 Å². The van der Waals surface area contributed by atoms with Gasteiger partial charge in [-0.15, -0.1) is 0 Å². The van der Waals surface area contributed by atoms with E-state index in [9.17, 15) is 4.79 Å². The number of ether oxygens (including phenoxy) is 3. The van der Waals surface area contributed by atoms with E-state index in [0.29, 0.717) is 26.1 Å². The first-order valence-corrected chi connectivity index (χ1v) is 10.7. The third-order valence-electron chi connectivity index (χ3n) is 5.29. The maximum absolute atomic E-state index is 12.7. The highest BCUT2D eigenvalue weighted by Crippen LogP contribution is 2.30. The molecule has 1 fully saturated rings. The average Bonchev–Trinajstić information content (AvgIpc) is 2.79. The molecule has 0 unspecified atom stereocenters. The molecular weight excluding hydrogens is 380 g/mol. The van der Waals surface area contributed by atoms with Gasteiger partial charge in [-0.05, 0) is 50.1 Å². The van der Waals surface area contributed by atoms with E-state index in [4.69, 9.17) is 14.2 Å². The summed E-state index contributed by atoms with van der Waals surface area (Å²) in [6, 6.07) is 14.0. The van der Waals surface area contributed by atoms with Crippen molar-refractivity contribution in [3.63, 3.8) is 0 Å². The predicted octanol–water partition coefficient (Wildman–Crippen LogP) is 3.77. The molecular formula is C24H32N2O4. The Balaban J connectivity index is 1.53. The molecule has 162 valence electrons. The van der Waals surface area contributed by atoms with Crippen LogP contribution < -0.4 is 19.1 Å². The van der Waals surface area contributed by atoms with Crippen LogP contribution in [0.25, 0.3) is 0 Å². The molecule has 1 heterocycles.